The fourth-order valence-corrected chi connectivity index (χ4v) is 2.18. The number of aryl methyl sites for hydroxylation is 1. The summed E-state index contributed by atoms with van der Waals surface area (Å²) in [5.41, 5.74) is 2.22. The van der Waals surface area contributed by atoms with Gasteiger partial charge < -0.3 is 10.1 Å². The normalized spacial score (nSPS) is 10.2. The Labute approximate surface area is 140 Å². The standard InChI is InChI=1S/C18H18ClNO3/c1-3-17(21)13-5-8-15(9-6-13)23-11-18(22)20-16-10-14(19)7-4-12(16)2/h4-10H,3,11H2,1-2H3,(H,20,22). The van der Waals surface area contributed by atoms with E-state index < -0.39 is 0 Å². The maximum atomic E-state index is 11.9. The molecule has 0 heterocycles. The van der Waals surface area contributed by atoms with Crippen molar-refractivity contribution in [2.24, 2.45) is 0 Å². The molecule has 0 aliphatic heterocycles. The van der Waals surface area contributed by atoms with E-state index in [0.29, 0.717) is 28.4 Å². The highest BCUT2D eigenvalue weighted by atomic mass is 35.5. The number of ketones is 1. The zero-order valence-corrected chi connectivity index (χ0v) is 13.8. The van der Waals surface area contributed by atoms with Crippen LogP contribution in [-0.4, -0.2) is 18.3 Å². The summed E-state index contributed by atoms with van der Waals surface area (Å²) >= 11 is 5.92. The molecule has 0 saturated carbocycles. The van der Waals surface area contributed by atoms with Crippen molar-refractivity contribution in [1.82, 2.24) is 0 Å². The van der Waals surface area contributed by atoms with Crippen LogP contribution in [0.5, 0.6) is 5.75 Å². The molecule has 2 rings (SSSR count). The molecular formula is C18H18ClNO3. The number of amides is 1. The van der Waals surface area contributed by atoms with Gasteiger partial charge in [0.15, 0.2) is 12.4 Å². The van der Waals surface area contributed by atoms with Crippen LogP contribution in [0, 0.1) is 6.92 Å². The van der Waals surface area contributed by atoms with Gasteiger partial charge in [-0.3, -0.25) is 9.59 Å². The molecule has 23 heavy (non-hydrogen) atoms. The number of nitrogens with one attached hydrogen (secondary N) is 1. The van der Waals surface area contributed by atoms with Crippen molar-refractivity contribution in [2.75, 3.05) is 11.9 Å². The van der Waals surface area contributed by atoms with Crippen LogP contribution < -0.4 is 10.1 Å². The monoisotopic (exact) mass is 331 g/mol. The molecule has 0 aliphatic carbocycles. The lowest BCUT2D eigenvalue weighted by Crippen LogP contribution is -2.20. The zero-order chi connectivity index (χ0) is 16.8. The smallest absolute Gasteiger partial charge is 0.262 e. The van der Waals surface area contributed by atoms with Gasteiger partial charge in [-0.25, -0.2) is 0 Å². The van der Waals surface area contributed by atoms with Crippen LogP contribution >= 0.6 is 11.6 Å². The quantitative estimate of drug-likeness (QED) is 0.805. The molecule has 0 bridgehead atoms. The van der Waals surface area contributed by atoms with Gasteiger partial charge in [0.1, 0.15) is 5.75 Å². The lowest BCUT2D eigenvalue weighted by Gasteiger charge is -2.10. The number of rotatable bonds is 6. The van der Waals surface area contributed by atoms with Gasteiger partial charge in [0.05, 0.1) is 0 Å². The van der Waals surface area contributed by atoms with Crippen molar-refractivity contribution in [3.8, 4) is 5.75 Å². The largest absolute Gasteiger partial charge is 0.484 e. The number of Topliss-reactive ketones (excluding diaryl/α,β-unsaturated/α-hetero) is 1. The number of anilines is 1. The second kappa shape index (κ2) is 7.79. The third kappa shape index (κ3) is 4.83. The van der Waals surface area contributed by atoms with Crippen LogP contribution in [0.2, 0.25) is 5.02 Å². The van der Waals surface area contributed by atoms with E-state index >= 15 is 0 Å². The number of hydrogen-bond acceptors (Lipinski definition) is 3. The molecule has 0 atom stereocenters. The molecule has 120 valence electrons. The van der Waals surface area contributed by atoms with Crippen LogP contribution in [0.3, 0.4) is 0 Å². The summed E-state index contributed by atoms with van der Waals surface area (Å²) in [5.74, 6) is 0.338. The Morgan fingerprint density at radius 1 is 1.13 bits per heavy atom. The highest BCUT2D eigenvalue weighted by Gasteiger charge is 2.07. The first-order valence-corrected chi connectivity index (χ1v) is 7.69. The summed E-state index contributed by atoms with van der Waals surface area (Å²) < 4.78 is 5.42. The molecule has 0 saturated heterocycles. The molecule has 0 aromatic heterocycles. The molecule has 0 unspecified atom stereocenters. The number of hydrogen-bond donors (Lipinski definition) is 1. The van der Waals surface area contributed by atoms with Crippen LogP contribution in [-0.2, 0) is 4.79 Å². The van der Waals surface area contributed by atoms with Gasteiger partial charge in [0, 0.05) is 22.7 Å². The van der Waals surface area contributed by atoms with Gasteiger partial charge in [-0.15, -0.1) is 0 Å². The van der Waals surface area contributed by atoms with E-state index in [0.717, 1.165) is 5.56 Å². The second-order valence-corrected chi connectivity index (χ2v) is 5.53. The van der Waals surface area contributed by atoms with Gasteiger partial charge in [0.25, 0.3) is 5.91 Å². The highest BCUT2D eigenvalue weighted by molar-refractivity contribution is 6.31. The van der Waals surface area contributed by atoms with E-state index in [2.05, 4.69) is 5.32 Å². The van der Waals surface area contributed by atoms with Crippen molar-refractivity contribution in [3.05, 3.63) is 58.6 Å². The Morgan fingerprint density at radius 2 is 1.83 bits per heavy atom. The molecule has 0 aliphatic rings. The SMILES string of the molecule is CCC(=O)c1ccc(OCC(=O)Nc2cc(Cl)ccc2C)cc1. The average Bonchev–Trinajstić information content (AvgIpc) is 2.56. The summed E-state index contributed by atoms with van der Waals surface area (Å²) in [4.78, 5) is 23.5. The van der Waals surface area contributed by atoms with Crippen LogP contribution in [0.4, 0.5) is 5.69 Å². The zero-order valence-electron chi connectivity index (χ0n) is 13.1. The Bertz CT molecular complexity index is 711. The fourth-order valence-electron chi connectivity index (χ4n) is 2.01. The van der Waals surface area contributed by atoms with E-state index in [-0.39, 0.29) is 18.3 Å². The Balaban J connectivity index is 1.91. The number of carbonyl (C=O) groups excluding carboxylic acids is 2. The summed E-state index contributed by atoms with van der Waals surface area (Å²) in [5, 5.41) is 3.32. The van der Waals surface area contributed by atoms with Crippen molar-refractivity contribution in [1.29, 1.82) is 0 Å². The van der Waals surface area contributed by atoms with Crippen molar-refractivity contribution < 1.29 is 14.3 Å². The maximum absolute atomic E-state index is 11.9. The van der Waals surface area contributed by atoms with E-state index in [9.17, 15) is 9.59 Å². The average molecular weight is 332 g/mol. The molecule has 4 nitrogen and oxygen atoms in total. The lowest BCUT2D eigenvalue weighted by molar-refractivity contribution is -0.118. The summed E-state index contributed by atoms with van der Waals surface area (Å²) in [6.07, 6.45) is 0.460. The third-order valence-corrected chi connectivity index (χ3v) is 3.58. The van der Waals surface area contributed by atoms with Crippen LogP contribution in [0.15, 0.2) is 42.5 Å². The maximum Gasteiger partial charge on any atom is 0.262 e. The molecule has 2 aromatic rings. The topological polar surface area (TPSA) is 55.4 Å². The first-order chi connectivity index (χ1) is 11.0. The molecular weight excluding hydrogens is 314 g/mol. The van der Waals surface area contributed by atoms with Gasteiger partial charge in [0.2, 0.25) is 0 Å². The van der Waals surface area contributed by atoms with Gasteiger partial charge >= 0.3 is 0 Å². The Morgan fingerprint density at radius 3 is 2.48 bits per heavy atom. The van der Waals surface area contributed by atoms with Gasteiger partial charge in [-0.2, -0.15) is 0 Å². The summed E-state index contributed by atoms with van der Waals surface area (Å²) in [7, 11) is 0. The van der Waals surface area contributed by atoms with Crippen molar-refractivity contribution >= 4 is 29.0 Å². The summed E-state index contributed by atoms with van der Waals surface area (Å²) in [6, 6.07) is 12.0. The van der Waals surface area contributed by atoms with Crippen LogP contribution in [0.25, 0.3) is 0 Å². The minimum atomic E-state index is -0.274. The number of halogens is 1. The number of carbonyl (C=O) groups is 2. The first-order valence-electron chi connectivity index (χ1n) is 7.31. The molecule has 0 fully saturated rings. The molecule has 0 spiro atoms. The minimum absolute atomic E-state index is 0.0747. The molecule has 1 N–H and O–H groups in total. The number of ether oxygens (including phenoxy) is 1. The lowest BCUT2D eigenvalue weighted by atomic mass is 10.1. The highest BCUT2D eigenvalue weighted by Crippen LogP contribution is 2.20. The van der Waals surface area contributed by atoms with E-state index in [1.807, 2.05) is 19.9 Å². The van der Waals surface area contributed by atoms with Crippen molar-refractivity contribution in [2.45, 2.75) is 20.3 Å². The van der Waals surface area contributed by atoms with E-state index in [1.54, 1.807) is 36.4 Å². The van der Waals surface area contributed by atoms with Gasteiger partial charge in [-0.05, 0) is 48.9 Å². The first kappa shape index (κ1) is 17.0. The Hall–Kier alpha value is -2.33. The summed E-state index contributed by atoms with van der Waals surface area (Å²) in [6.45, 7) is 3.58. The van der Waals surface area contributed by atoms with Gasteiger partial charge in [-0.1, -0.05) is 24.6 Å². The van der Waals surface area contributed by atoms with E-state index in [1.165, 1.54) is 0 Å². The fraction of sp³-hybridized carbons (Fsp3) is 0.222. The predicted molar refractivity (Wildman–Crippen MR) is 91.4 cm³/mol. The van der Waals surface area contributed by atoms with E-state index in [4.69, 9.17) is 16.3 Å². The Kier molecular flexibility index (Phi) is 5.77. The predicted octanol–water partition coefficient (Wildman–Crippen LogP) is 4.26. The molecule has 2 aromatic carbocycles. The van der Waals surface area contributed by atoms with Crippen molar-refractivity contribution in [3.63, 3.8) is 0 Å². The molecule has 1 amide bonds. The third-order valence-electron chi connectivity index (χ3n) is 3.34. The molecule has 5 heteroatoms. The molecule has 0 radical (unpaired) electrons. The minimum Gasteiger partial charge on any atom is -0.484 e. The number of benzene rings is 2. The van der Waals surface area contributed by atoms with Crippen LogP contribution in [0.1, 0.15) is 29.3 Å². The second-order valence-electron chi connectivity index (χ2n) is 5.10.